The van der Waals surface area contributed by atoms with Crippen molar-refractivity contribution < 1.29 is 37.1 Å². The molecule has 2 aromatic rings. The predicted octanol–water partition coefficient (Wildman–Crippen LogP) is 3.32. The molecular formula is C26H33FN2O8S. The number of carbonyl (C=O) groups excluding carboxylic acids is 1. The highest BCUT2D eigenvalue weighted by Crippen LogP contribution is 2.27. The van der Waals surface area contributed by atoms with Gasteiger partial charge in [0.25, 0.3) is 0 Å². The van der Waals surface area contributed by atoms with Gasteiger partial charge in [-0.2, -0.15) is 8.70 Å². The molecule has 1 unspecified atom stereocenters. The Labute approximate surface area is 221 Å². The minimum atomic E-state index is -4.35. The largest absolute Gasteiger partial charge is 0.460 e. The first-order chi connectivity index (χ1) is 18.0. The summed E-state index contributed by atoms with van der Waals surface area (Å²) < 4.78 is 52.6. The molecule has 0 radical (unpaired) electrons. The number of nitrogens with zero attached hydrogens (tertiary/aromatic N) is 2. The molecule has 0 aromatic heterocycles. The highest BCUT2D eigenvalue weighted by molar-refractivity contribution is 7.89. The molecule has 12 heteroatoms. The van der Waals surface area contributed by atoms with Gasteiger partial charge in [-0.05, 0) is 30.0 Å². The number of rotatable bonds is 13. The molecule has 208 valence electrons. The molecule has 1 aliphatic heterocycles. The van der Waals surface area contributed by atoms with Gasteiger partial charge < -0.3 is 14.6 Å². The topological polar surface area (TPSA) is 136 Å². The van der Waals surface area contributed by atoms with Crippen molar-refractivity contribution >= 4 is 21.7 Å². The minimum absolute atomic E-state index is 0.00746. The summed E-state index contributed by atoms with van der Waals surface area (Å²) in [6, 6.07) is 11.5. The van der Waals surface area contributed by atoms with E-state index >= 15 is 0 Å². The fourth-order valence-electron chi connectivity index (χ4n) is 4.29. The van der Waals surface area contributed by atoms with Crippen molar-refractivity contribution in [3.05, 3.63) is 70.0 Å². The van der Waals surface area contributed by atoms with Gasteiger partial charge in [0, 0.05) is 31.5 Å². The van der Waals surface area contributed by atoms with Crippen LogP contribution >= 0.6 is 0 Å². The Hall–Kier alpha value is -2.93. The van der Waals surface area contributed by atoms with E-state index in [2.05, 4.69) is 0 Å². The van der Waals surface area contributed by atoms with Gasteiger partial charge in [-0.15, -0.1) is 0 Å². The number of halogens is 1. The summed E-state index contributed by atoms with van der Waals surface area (Å²) in [6.45, 7) is 3.99. The first-order valence-corrected chi connectivity index (χ1v) is 13.8. The van der Waals surface area contributed by atoms with Crippen LogP contribution in [0.25, 0.3) is 0 Å². The maximum atomic E-state index is 13.9. The lowest BCUT2D eigenvalue weighted by molar-refractivity contribution is -0.387. The molecule has 0 bridgehead atoms. The Kier molecular flexibility index (Phi) is 10.3. The van der Waals surface area contributed by atoms with Crippen molar-refractivity contribution in [1.82, 2.24) is 4.31 Å². The Bertz CT molecular complexity index is 1200. The molecule has 0 saturated carbocycles. The van der Waals surface area contributed by atoms with E-state index in [1.54, 1.807) is 13.8 Å². The summed E-state index contributed by atoms with van der Waals surface area (Å²) in [5, 5.41) is 22.4. The number of nitro groups is 1. The zero-order valence-electron chi connectivity index (χ0n) is 21.4. The number of hydrogen-bond donors (Lipinski definition) is 1. The second-order valence-corrected chi connectivity index (χ2v) is 11.7. The summed E-state index contributed by atoms with van der Waals surface area (Å²) >= 11 is 0. The van der Waals surface area contributed by atoms with E-state index in [-0.39, 0.29) is 38.0 Å². The first kappa shape index (κ1) is 29.6. The van der Waals surface area contributed by atoms with Crippen LogP contribution in [0.2, 0.25) is 0 Å². The van der Waals surface area contributed by atoms with Crippen molar-refractivity contribution in [2.24, 2.45) is 11.8 Å². The number of nitro benzene ring substituents is 1. The van der Waals surface area contributed by atoms with E-state index in [0.717, 1.165) is 22.0 Å². The van der Waals surface area contributed by atoms with Crippen molar-refractivity contribution in [2.45, 2.75) is 50.2 Å². The van der Waals surface area contributed by atoms with E-state index in [1.807, 2.05) is 30.3 Å². The molecular weight excluding hydrogens is 519 g/mol. The lowest BCUT2D eigenvalue weighted by Crippen LogP contribution is -2.43. The van der Waals surface area contributed by atoms with Crippen LogP contribution in [0.5, 0.6) is 0 Å². The molecule has 1 fully saturated rings. The van der Waals surface area contributed by atoms with Crippen molar-refractivity contribution in [3.63, 3.8) is 0 Å². The molecule has 1 N–H and O–H groups in total. The van der Waals surface area contributed by atoms with Crippen LogP contribution in [0.1, 0.15) is 32.3 Å². The molecule has 2 aromatic carbocycles. The molecule has 0 spiro atoms. The third-order valence-corrected chi connectivity index (χ3v) is 8.04. The molecule has 38 heavy (non-hydrogen) atoms. The Balaban J connectivity index is 1.86. The number of sulfonamides is 1. The molecule has 1 saturated heterocycles. The van der Waals surface area contributed by atoms with E-state index in [1.165, 1.54) is 0 Å². The van der Waals surface area contributed by atoms with Crippen molar-refractivity contribution in [1.29, 1.82) is 0 Å². The van der Waals surface area contributed by atoms with Crippen LogP contribution in [-0.4, -0.2) is 67.2 Å². The molecule has 3 rings (SSSR count). The fraction of sp³-hybridized carbons (Fsp3) is 0.500. The number of hydrogen-bond acceptors (Lipinski definition) is 8. The number of carbonyl (C=O) groups is 1. The fourth-order valence-corrected chi connectivity index (χ4v) is 5.93. The summed E-state index contributed by atoms with van der Waals surface area (Å²) in [6.07, 6.45) is -0.905. The predicted molar refractivity (Wildman–Crippen MR) is 136 cm³/mol. The van der Waals surface area contributed by atoms with Gasteiger partial charge >= 0.3 is 11.7 Å². The minimum Gasteiger partial charge on any atom is -0.460 e. The number of ether oxygens (including phenoxy) is 2. The van der Waals surface area contributed by atoms with Crippen LogP contribution in [0.15, 0.2) is 53.4 Å². The van der Waals surface area contributed by atoms with Gasteiger partial charge in [0.2, 0.25) is 15.8 Å². The Morgan fingerprint density at radius 3 is 2.55 bits per heavy atom. The van der Waals surface area contributed by atoms with Gasteiger partial charge in [0.1, 0.15) is 6.10 Å². The maximum absolute atomic E-state index is 13.9. The summed E-state index contributed by atoms with van der Waals surface area (Å²) in [5.41, 5.74) is -0.113. The summed E-state index contributed by atoms with van der Waals surface area (Å²) in [4.78, 5) is 22.4. The summed E-state index contributed by atoms with van der Waals surface area (Å²) in [5.74, 6) is -2.52. The van der Waals surface area contributed by atoms with Gasteiger partial charge in [0.15, 0.2) is 0 Å². The smallest absolute Gasteiger partial charge is 0.306 e. The lowest BCUT2D eigenvalue weighted by Gasteiger charge is -2.30. The Morgan fingerprint density at radius 1 is 1.24 bits per heavy atom. The molecule has 1 aliphatic rings. The van der Waals surface area contributed by atoms with Gasteiger partial charge in [0.05, 0.1) is 35.6 Å². The SMILES string of the molecule is CC(C)CN(C[C@@H](O)[C@@H](CC(=O)OC1CCOC1)Cc1ccccc1)S(=O)(=O)c1ccc(F)c([N+](=O)[O-])c1. The number of aliphatic hydroxyl groups is 1. The normalized spacial score (nSPS) is 17.5. The van der Waals surface area contributed by atoms with Crippen LogP contribution in [0.3, 0.4) is 0 Å². The number of esters is 1. The van der Waals surface area contributed by atoms with Gasteiger partial charge in [-0.25, -0.2) is 8.42 Å². The van der Waals surface area contributed by atoms with E-state index in [9.17, 15) is 32.8 Å². The average molecular weight is 553 g/mol. The van der Waals surface area contributed by atoms with E-state index in [0.29, 0.717) is 25.7 Å². The molecule has 3 atom stereocenters. The van der Waals surface area contributed by atoms with Gasteiger partial charge in [-0.1, -0.05) is 44.2 Å². The highest BCUT2D eigenvalue weighted by Gasteiger charge is 2.33. The van der Waals surface area contributed by atoms with Crippen LogP contribution in [0, 0.1) is 27.8 Å². The molecule has 0 amide bonds. The van der Waals surface area contributed by atoms with Crippen molar-refractivity contribution in [2.75, 3.05) is 26.3 Å². The molecule has 10 nitrogen and oxygen atoms in total. The van der Waals surface area contributed by atoms with Crippen LogP contribution < -0.4 is 0 Å². The summed E-state index contributed by atoms with van der Waals surface area (Å²) in [7, 11) is -4.35. The zero-order valence-corrected chi connectivity index (χ0v) is 22.2. The second kappa shape index (κ2) is 13.2. The van der Waals surface area contributed by atoms with E-state index < -0.39 is 49.3 Å². The maximum Gasteiger partial charge on any atom is 0.306 e. The van der Waals surface area contributed by atoms with E-state index in [4.69, 9.17) is 9.47 Å². The second-order valence-electron chi connectivity index (χ2n) is 9.78. The van der Waals surface area contributed by atoms with Gasteiger partial charge in [-0.3, -0.25) is 14.9 Å². The monoisotopic (exact) mass is 552 g/mol. The van der Waals surface area contributed by atoms with Crippen molar-refractivity contribution in [3.8, 4) is 0 Å². The highest BCUT2D eigenvalue weighted by atomic mass is 32.2. The number of aliphatic hydroxyl groups excluding tert-OH is 1. The van der Waals surface area contributed by atoms with Crippen LogP contribution in [0.4, 0.5) is 10.1 Å². The first-order valence-electron chi connectivity index (χ1n) is 12.4. The third-order valence-electron chi connectivity index (χ3n) is 6.21. The third kappa shape index (κ3) is 8.03. The standard InChI is InChI=1S/C26H33FN2O8S/c1-18(2)15-28(38(34,35)22-8-9-23(27)24(14-22)29(32)33)16-25(30)20(12-19-6-4-3-5-7-19)13-26(31)37-21-10-11-36-17-21/h3-9,14,18,20-21,25,30H,10-13,15-17H2,1-2H3/t20-,21?,25-/m1/s1. The number of benzene rings is 2. The molecule has 1 heterocycles. The lowest BCUT2D eigenvalue weighted by atomic mass is 9.90. The molecule has 0 aliphatic carbocycles. The zero-order chi connectivity index (χ0) is 27.9. The quantitative estimate of drug-likeness (QED) is 0.227. The Morgan fingerprint density at radius 2 is 1.95 bits per heavy atom. The van der Waals surface area contributed by atoms with Crippen LogP contribution in [-0.2, 0) is 30.7 Å². The average Bonchev–Trinajstić information content (AvgIpc) is 3.36.